The lowest BCUT2D eigenvalue weighted by Crippen LogP contribution is -2.40. The Kier molecular flexibility index (Phi) is 4.08. The number of rotatable bonds is 4. The Labute approximate surface area is 116 Å². The van der Waals surface area contributed by atoms with Crippen LogP contribution < -0.4 is 4.90 Å². The minimum atomic E-state index is 0.103. The van der Waals surface area contributed by atoms with Crippen LogP contribution in [-0.4, -0.2) is 12.5 Å². The summed E-state index contributed by atoms with van der Waals surface area (Å²) >= 11 is 0. The largest absolute Gasteiger partial charge is 0.308 e. The van der Waals surface area contributed by atoms with Gasteiger partial charge in [0.25, 0.3) is 5.91 Å². The molecule has 1 atom stereocenters. The highest BCUT2D eigenvalue weighted by Gasteiger charge is 2.35. The summed E-state index contributed by atoms with van der Waals surface area (Å²) in [7, 11) is 0. The molecule has 1 aromatic carbocycles. The lowest BCUT2D eigenvalue weighted by Gasteiger charge is -2.37. The maximum absolute atomic E-state index is 12.5. The van der Waals surface area contributed by atoms with E-state index in [9.17, 15) is 4.79 Å². The van der Waals surface area contributed by atoms with Crippen LogP contribution in [-0.2, 0) is 4.79 Å². The average molecular weight is 257 g/mol. The first kappa shape index (κ1) is 13.9. The van der Waals surface area contributed by atoms with Crippen molar-refractivity contribution in [2.24, 2.45) is 5.92 Å². The molecule has 102 valence electrons. The summed E-state index contributed by atoms with van der Waals surface area (Å²) in [5, 5.41) is 0. The van der Waals surface area contributed by atoms with Crippen LogP contribution in [0, 0.1) is 5.92 Å². The standard InChI is InChI=1S/C17H23NO/c1-5-6-11-18-15-10-8-7-9-14(15)16(12(2)3)13(4)17(18)19/h7-10,12,16H,4-6,11H2,1-3H3/t16-/m0/s1. The second kappa shape index (κ2) is 5.60. The molecule has 19 heavy (non-hydrogen) atoms. The molecule has 1 amide bonds. The minimum absolute atomic E-state index is 0.103. The molecule has 0 N–H and O–H groups in total. The summed E-state index contributed by atoms with van der Waals surface area (Å²) in [5.74, 6) is 0.651. The molecule has 2 nitrogen and oxygen atoms in total. The maximum Gasteiger partial charge on any atom is 0.254 e. The van der Waals surface area contributed by atoms with Crippen LogP contribution in [0.5, 0.6) is 0 Å². The highest BCUT2D eigenvalue weighted by molar-refractivity contribution is 6.09. The molecule has 1 heterocycles. The topological polar surface area (TPSA) is 20.3 Å². The van der Waals surface area contributed by atoms with Crippen molar-refractivity contribution in [1.82, 2.24) is 0 Å². The molecule has 0 radical (unpaired) electrons. The van der Waals surface area contributed by atoms with Crippen molar-refractivity contribution in [3.05, 3.63) is 42.0 Å². The third-order valence-electron chi connectivity index (χ3n) is 3.86. The van der Waals surface area contributed by atoms with Crippen LogP contribution in [0.3, 0.4) is 0 Å². The Morgan fingerprint density at radius 3 is 2.63 bits per heavy atom. The Morgan fingerprint density at radius 1 is 1.32 bits per heavy atom. The van der Waals surface area contributed by atoms with Crippen molar-refractivity contribution in [3.8, 4) is 0 Å². The fourth-order valence-electron chi connectivity index (χ4n) is 2.90. The van der Waals surface area contributed by atoms with Crippen LogP contribution in [0.15, 0.2) is 36.4 Å². The van der Waals surface area contributed by atoms with E-state index in [0.717, 1.165) is 30.6 Å². The molecule has 0 spiro atoms. The summed E-state index contributed by atoms with van der Waals surface area (Å²) in [6, 6.07) is 8.26. The number of para-hydroxylation sites is 1. The summed E-state index contributed by atoms with van der Waals surface area (Å²) < 4.78 is 0. The second-order valence-electron chi connectivity index (χ2n) is 5.62. The van der Waals surface area contributed by atoms with E-state index in [-0.39, 0.29) is 11.8 Å². The Balaban J connectivity index is 2.47. The van der Waals surface area contributed by atoms with Gasteiger partial charge in [-0.25, -0.2) is 0 Å². The van der Waals surface area contributed by atoms with Gasteiger partial charge in [0.15, 0.2) is 0 Å². The van der Waals surface area contributed by atoms with Gasteiger partial charge in [-0.2, -0.15) is 0 Å². The number of hydrogen-bond acceptors (Lipinski definition) is 1. The fraction of sp³-hybridized carbons (Fsp3) is 0.471. The molecule has 1 aliphatic heterocycles. The van der Waals surface area contributed by atoms with Crippen LogP contribution in [0.4, 0.5) is 5.69 Å². The van der Waals surface area contributed by atoms with E-state index in [1.807, 2.05) is 11.0 Å². The lowest BCUT2D eigenvalue weighted by molar-refractivity contribution is -0.115. The molecule has 2 heteroatoms. The summed E-state index contributed by atoms with van der Waals surface area (Å²) in [5.41, 5.74) is 3.06. The van der Waals surface area contributed by atoms with Gasteiger partial charge in [0.1, 0.15) is 0 Å². The summed E-state index contributed by atoms with van der Waals surface area (Å²) in [6.07, 6.45) is 2.12. The highest BCUT2D eigenvalue weighted by atomic mass is 16.2. The number of amides is 1. The van der Waals surface area contributed by atoms with Gasteiger partial charge in [0.2, 0.25) is 0 Å². The zero-order valence-electron chi connectivity index (χ0n) is 12.1. The average Bonchev–Trinajstić information content (AvgIpc) is 2.39. The number of carbonyl (C=O) groups excluding carboxylic acids is 1. The molecule has 1 aromatic rings. The van der Waals surface area contributed by atoms with E-state index in [0.29, 0.717) is 5.92 Å². The Bertz CT molecular complexity index is 490. The Hall–Kier alpha value is -1.57. The number of carbonyl (C=O) groups is 1. The number of unbranched alkanes of at least 4 members (excludes halogenated alkanes) is 1. The van der Waals surface area contributed by atoms with Gasteiger partial charge in [-0.1, -0.05) is 52.0 Å². The van der Waals surface area contributed by atoms with E-state index in [1.54, 1.807) is 0 Å². The van der Waals surface area contributed by atoms with Crippen LogP contribution in [0.1, 0.15) is 45.1 Å². The molecule has 0 aromatic heterocycles. The van der Waals surface area contributed by atoms with E-state index in [1.165, 1.54) is 5.56 Å². The first-order valence-corrected chi connectivity index (χ1v) is 7.17. The normalized spacial score (nSPS) is 18.9. The molecular formula is C17H23NO. The van der Waals surface area contributed by atoms with Crippen LogP contribution in [0.2, 0.25) is 0 Å². The number of hydrogen-bond donors (Lipinski definition) is 0. The van der Waals surface area contributed by atoms with Gasteiger partial charge in [-0.3, -0.25) is 4.79 Å². The van der Waals surface area contributed by atoms with E-state index in [4.69, 9.17) is 0 Å². The number of nitrogens with zero attached hydrogens (tertiary/aromatic N) is 1. The SMILES string of the molecule is C=C1C(=O)N(CCCC)c2ccccc2[C@H]1C(C)C. The molecule has 0 unspecified atom stereocenters. The number of benzene rings is 1. The zero-order valence-corrected chi connectivity index (χ0v) is 12.1. The third-order valence-corrected chi connectivity index (χ3v) is 3.86. The van der Waals surface area contributed by atoms with Gasteiger partial charge in [-0.15, -0.1) is 0 Å². The predicted molar refractivity (Wildman–Crippen MR) is 80.4 cm³/mol. The number of anilines is 1. The van der Waals surface area contributed by atoms with Crippen molar-refractivity contribution in [1.29, 1.82) is 0 Å². The van der Waals surface area contributed by atoms with E-state index >= 15 is 0 Å². The molecule has 0 bridgehead atoms. The van der Waals surface area contributed by atoms with Crippen LogP contribution in [0.25, 0.3) is 0 Å². The molecule has 0 fully saturated rings. The molecular weight excluding hydrogens is 234 g/mol. The first-order valence-electron chi connectivity index (χ1n) is 7.17. The van der Waals surface area contributed by atoms with E-state index in [2.05, 4.69) is 45.5 Å². The van der Waals surface area contributed by atoms with Crippen molar-refractivity contribution < 1.29 is 4.79 Å². The van der Waals surface area contributed by atoms with E-state index < -0.39 is 0 Å². The zero-order chi connectivity index (χ0) is 14.0. The Morgan fingerprint density at radius 2 is 2.00 bits per heavy atom. The van der Waals surface area contributed by atoms with Crippen molar-refractivity contribution in [3.63, 3.8) is 0 Å². The first-order chi connectivity index (χ1) is 9.07. The smallest absolute Gasteiger partial charge is 0.254 e. The second-order valence-corrected chi connectivity index (χ2v) is 5.62. The van der Waals surface area contributed by atoms with Crippen LogP contribution >= 0.6 is 0 Å². The van der Waals surface area contributed by atoms with Gasteiger partial charge >= 0.3 is 0 Å². The highest BCUT2D eigenvalue weighted by Crippen LogP contribution is 2.42. The molecule has 0 aliphatic carbocycles. The molecule has 1 aliphatic rings. The van der Waals surface area contributed by atoms with Gasteiger partial charge in [0.05, 0.1) is 0 Å². The summed E-state index contributed by atoms with van der Waals surface area (Å²) in [6.45, 7) is 11.3. The van der Waals surface area contributed by atoms with Crippen molar-refractivity contribution in [2.45, 2.75) is 39.5 Å². The number of fused-ring (bicyclic) bond motifs is 1. The van der Waals surface area contributed by atoms with Crippen molar-refractivity contribution >= 4 is 11.6 Å². The quantitative estimate of drug-likeness (QED) is 0.743. The molecule has 2 rings (SSSR count). The van der Waals surface area contributed by atoms with Gasteiger partial charge in [-0.05, 0) is 24.0 Å². The van der Waals surface area contributed by atoms with Crippen molar-refractivity contribution in [2.75, 3.05) is 11.4 Å². The summed E-state index contributed by atoms with van der Waals surface area (Å²) in [4.78, 5) is 14.4. The maximum atomic E-state index is 12.5. The van der Waals surface area contributed by atoms with Gasteiger partial charge < -0.3 is 4.90 Å². The minimum Gasteiger partial charge on any atom is -0.308 e. The monoisotopic (exact) mass is 257 g/mol. The third kappa shape index (κ3) is 2.44. The predicted octanol–water partition coefficient (Wildman–Crippen LogP) is 4.13. The molecule has 0 saturated heterocycles. The molecule has 0 saturated carbocycles. The fourth-order valence-corrected chi connectivity index (χ4v) is 2.90. The van der Waals surface area contributed by atoms with Gasteiger partial charge in [0, 0.05) is 23.7 Å². The lowest BCUT2D eigenvalue weighted by atomic mass is 9.78.